The van der Waals surface area contributed by atoms with Gasteiger partial charge in [-0.25, -0.2) is 0 Å². The fourth-order valence-electron chi connectivity index (χ4n) is 2.36. The zero-order valence-electron chi connectivity index (χ0n) is 10.3. The highest BCUT2D eigenvalue weighted by molar-refractivity contribution is 5.46. The van der Waals surface area contributed by atoms with E-state index in [0.29, 0.717) is 12.5 Å². The number of rotatable bonds is 5. The molecule has 1 saturated carbocycles. The molecule has 4 nitrogen and oxygen atoms in total. The summed E-state index contributed by atoms with van der Waals surface area (Å²) in [6, 6.07) is 5.77. The summed E-state index contributed by atoms with van der Waals surface area (Å²) < 4.78 is 10.5. The second kappa shape index (κ2) is 4.55. The summed E-state index contributed by atoms with van der Waals surface area (Å²) in [5, 5.41) is 9.41. The van der Waals surface area contributed by atoms with E-state index in [0.717, 1.165) is 23.5 Å². The summed E-state index contributed by atoms with van der Waals surface area (Å²) in [7, 11) is 3.27. The van der Waals surface area contributed by atoms with Gasteiger partial charge in [0.25, 0.3) is 0 Å². The minimum absolute atomic E-state index is 0.128. The Bertz CT molecular complexity index is 402. The summed E-state index contributed by atoms with van der Waals surface area (Å²) in [6.45, 7) is 0.632. The predicted molar refractivity (Wildman–Crippen MR) is 65.5 cm³/mol. The van der Waals surface area contributed by atoms with Crippen LogP contribution in [-0.4, -0.2) is 32.5 Å². The lowest BCUT2D eigenvalue weighted by atomic mass is 9.99. The van der Waals surface area contributed by atoms with Gasteiger partial charge >= 0.3 is 0 Å². The van der Waals surface area contributed by atoms with Gasteiger partial charge in [-0.3, -0.25) is 0 Å². The first-order valence-corrected chi connectivity index (χ1v) is 5.73. The Morgan fingerprint density at radius 2 is 2.18 bits per heavy atom. The molecule has 1 aliphatic rings. The van der Waals surface area contributed by atoms with E-state index in [9.17, 15) is 5.11 Å². The van der Waals surface area contributed by atoms with E-state index in [1.807, 2.05) is 18.2 Å². The van der Waals surface area contributed by atoms with Gasteiger partial charge in [-0.15, -0.1) is 0 Å². The van der Waals surface area contributed by atoms with Crippen molar-refractivity contribution in [2.75, 3.05) is 27.4 Å². The molecule has 4 heteroatoms. The molecular formula is C13H19NO3. The van der Waals surface area contributed by atoms with Crippen molar-refractivity contribution >= 4 is 0 Å². The van der Waals surface area contributed by atoms with Crippen molar-refractivity contribution < 1.29 is 14.6 Å². The minimum Gasteiger partial charge on any atom is -0.497 e. The molecule has 0 amide bonds. The summed E-state index contributed by atoms with van der Waals surface area (Å²) >= 11 is 0. The maximum Gasteiger partial charge on any atom is 0.126 e. The Balaban J connectivity index is 2.28. The topological polar surface area (TPSA) is 64.7 Å². The van der Waals surface area contributed by atoms with Gasteiger partial charge in [0.2, 0.25) is 0 Å². The van der Waals surface area contributed by atoms with Gasteiger partial charge in [0.15, 0.2) is 0 Å². The molecule has 0 spiro atoms. The normalized spacial score (nSPS) is 26.7. The first kappa shape index (κ1) is 12.2. The molecule has 0 saturated heterocycles. The van der Waals surface area contributed by atoms with Crippen LogP contribution in [0.25, 0.3) is 0 Å². The van der Waals surface area contributed by atoms with E-state index in [4.69, 9.17) is 15.2 Å². The van der Waals surface area contributed by atoms with Crippen LogP contribution in [0.15, 0.2) is 18.2 Å². The molecule has 1 fully saturated rings. The minimum atomic E-state index is -0.151. The molecule has 0 aromatic heterocycles. The second-order valence-corrected chi connectivity index (χ2v) is 4.59. The Morgan fingerprint density at radius 3 is 2.65 bits per heavy atom. The average Bonchev–Trinajstić information content (AvgIpc) is 3.13. The van der Waals surface area contributed by atoms with Crippen molar-refractivity contribution in [3.05, 3.63) is 23.8 Å². The average molecular weight is 237 g/mol. The van der Waals surface area contributed by atoms with Crippen LogP contribution in [0.5, 0.6) is 11.5 Å². The zero-order valence-corrected chi connectivity index (χ0v) is 10.3. The monoisotopic (exact) mass is 237 g/mol. The fraction of sp³-hybridized carbons (Fsp3) is 0.538. The molecule has 0 unspecified atom stereocenters. The van der Waals surface area contributed by atoms with E-state index in [-0.39, 0.29) is 12.0 Å². The van der Waals surface area contributed by atoms with Crippen molar-refractivity contribution in [1.29, 1.82) is 0 Å². The maximum absolute atomic E-state index is 9.41. The molecule has 17 heavy (non-hydrogen) atoms. The fourth-order valence-corrected chi connectivity index (χ4v) is 2.36. The van der Waals surface area contributed by atoms with Gasteiger partial charge in [-0.1, -0.05) is 6.07 Å². The molecule has 1 aliphatic carbocycles. The number of ether oxygens (including phenoxy) is 2. The largest absolute Gasteiger partial charge is 0.497 e. The van der Waals surface area contributed by atoms with Crippen LogP contribution in [0.1, 0.15) is 17.9 Å². The Labute approximate surface area is 101 Å². The molecule has 0 radical (unpaired) electrons. The van der Waals surface area contributed by atoms with Crippen LogP contribution in [-0.2, 0) is 0 Å². The van der Waals surface area contributed by atoms with E-state index >= 15 is 0 Å². The number of benzene rings is 1. The lowest BCUT2D eigenvalue weighted by Crippen LogP contribution is -2.21. The highest BCUT2D eigenvalue weighted by Crippen LogP contribution is 2.60. The number of aliphatic hydroxyl groups is 1. The molecule has 1 aromatic rings. The van der Waals surface area contributed by atoms with Crippen molar-refractivity contribution in [1.82, 2.24) is 0 Å². The lowest BCUT2D eigenvalue weighted by molar-refractivity contribution is 0.211. The standard InChI is InChI=1S/C13H19NO3/c1-16-9-3-4-10(12(5-9)17-2)11-6-13(11,7-14)8-15/h3-5,11,15H,6-8,14H2,1-2H3/t11-,13+/m0/s1. The lowest BCUT2D eigenvalue weighted by Gasteiger charge is -2.14. The summed E-state index contributed by atoms with van der Waals surface area (Å²) in [6.07, 6.45) is 0.919. The molecule has 0 bridgehead atoms. The molecule has 94 valence electrons. The van der Waals surface area contributed by atoms with Crippen LogP contribution in [0.3, 0.4) is 0 Å². The van der Waals surface area contributed by atoms with Gasteiger partial charge in [0.1, 0.15) is 11.5 Å². The molecule has 3 N–H and O–H groups in total. The van der Waals surface area contributed by atoms with Crippen molar-refractivity contribution in [2.45, 2.75) is 12.3 Å². The van der Waals surface area contributed by atoms with Crippen molar-refractivity contribution in [3.63, 3.8) is 0 Å². The Kier molecular flexibility index (Phi) is 3.26. The predicted octanol–water partition coefficient (Wildman–Crippen LogP) is 1.13. The van der Waals surface area contributed by atoms with Crippen LogP contribution < -0.4 is 15.2 Å². The first-order chi connectivity index (χ1) is 8.20. The van der Waals surface area contributed by atoms with Crippen LogP contribution in [0.4, 0.5) is 0 Å². The number of hydrogen-bond donors (Lipinski definition) is 2. The van der Waals surface area contributed by atoms with Crippen molar-refractivity contribution in [3.8, 4) is 11.5 Å². The van der Waals surface area contributed by atoms with E-state index in [1.54, 1.807) is 14.2 Å². The summed E-state index contributed by atoms with van der Waals surface area (Å²) in [5.74, 6) is 1.87. The summed E-state index contributed by atoms with van der Waals surface area (Å²) in [4.78, 5) is 0. The second-order valence-electron chi connectivity index (χ2n) is 4.59. The number of methoxy groups -OCH3 is 2. The van der Waals surface area contributed by atoms with Crippen molar-refractivity contribution in [2.24, 2.45) is 11.1 Å². The molecule has 2 rings (SSSR count). The first-order valence-electron chi connectivity index (χ1n) is 5.73. The number of nitrogens with two attached hydrogens (primary N) is 1. The van der Waals surface area contributed by atoms with Gasteiger partial charge < -0.3 is 20.3 Å². The highest BCUT2D eigenvalue weighted by atomic mass is 16.5. The highest BCUT2D eigenvalue weighted by Gasteiger charge is 2.54. The van der Waals surface area contributed by atoms with Gasteiger partial charge in [0, 0.05) is 18.0 Å². The van der Waals surface area contributed by atoms with Gasteiger partial charge in [-0.05, 0) is 24.0 Å². The molecular weight excluding hydrogens is 218 g/mol. The third kappa shape index (κ3) is 1.98. The SMILES string of the molecule is COc1ccc([C@@H]2C[C@@]2(CN)CO)c(OC)c1. The third-order valence-electron chi connectivity index (χ3n) is 3.73. The third-order valence-corrected chi connectivity index (χ3v) is 3.73. The van der Waals surface area contributed by atoms with Gasteiger partial charge in [-0.2, -0.15) is 0 Å². The smallest absolute Gasteiger partial charge is 0.126 e. The molecule has 1 aromatic carbocycles. The number of aliphatic hydroxyl groups excluding tert-OH is 1. The summed E-state index contributed by atoms with van der Waals surface area (Å²) in [5.41, 5.74) is 6.68. The van der Waals surface area contributed by atoms with E-state index < -0.39 is 0 Å². The van der Waals surface area contributed by atoms with E-state index in [2.05, 4.69) is 0 Å². The van der Waals surface area contributed by atoms with Crippen LogP contribution in [0, 0.1) is 5.41 Å². The Morgan fingerprint density at radius 1 is 1.41 bits per heavy atom. The molecule has 0 aliphatic heterocycles. The Hall–Kier alpha value is -1.26. The van der Waals surface area contributed by atoms with Gasteiger partial charge in [0.05, 0.1) is 20.8 Å². The van der Waals surface area contributed by atoms with E-state index in [1.165, 1.54) is 0 Å². The quantitative estimate of drug-likeness (QED) is 0.805. The molecule has 2 atom stereocenters. The van der Waals surface area contributed by atoms with Crippen LogP contribution in [0.2, 0.25) is 0 Å². The van der Waals surface area contributed by atoms with Crippen LogP contribution >= 0.6 is 0 Å². The molecule has 0 heterocycles. The maximum atomic E-state index is 9.41. The number of hydrogen-bond acceptors (Lipinski definition) is 4. The zero-order chi connectivity index (χ0) is 12.5.